The van der Waals surface area contributed by atoms with Crippen LogP contribution < -0.4 is 10.9 Å². The molecule has 0 aliphatic carbocycles. The van der Waals surface area contributed by atoms with Gasteiger partial charge in [0.05, 0.1) is 29.2 Å². The molecule has 0 spiro atoms. The van der Waals surface area contributed by atoms with Crippen LogP contribution in [0.5, 0.6) is 0 Å². The number of para-hydroxylation sites is 1. The fourth-order valence-electron chi connectivity index (χ4n) is 4.11. The molecule has 0 radical (unpaired) electrons. The number of methoxy groups -OCH3 is 1. The van der Waals surface area contributed by atoms with Crippen molar-refractivity contribution in [2.75, 3.05) is 25.6 Å². The van der Waals surface area contributed by atoms with Crippen LogP contribution in [0.3, 0.4) is 0 Å². The maximum Gasteiger partial charge on any atom is 0.322 e. The Balaban J connectivity index is 1.86. The zero-order valence-electron chi connectivity index (χ0n) is 19.9. The third kappa shape index (κ3) is 5.40. The number of anilines is 1. The number of amides is 2. The van der Waals surface area contributed by atoms with Gasteiger partial charge in [-0.3, -0.25) is 9.36 Å². The summed E-state index contributed by atoms with van der Waals surface area (Å²) in [7, 11) is 1.55. The maximum atomic E-state index is 13.7. The van der Waals surface area contributed by atoms with E-state index >= 15 is 0 Å². The number of nitrogens with one attached hydrogen (secondary N) is 1. The molecule has 1 unspecified atom stereocenters. The molecule has 2 amide bonds. The topological polar surface area (TPSA) is 76.5 Å². The molecular weight excluding hydrogens is 483 g/mol. The fraction of sp³-hybridized carbons (Fsp3) is 0.222. The van der Waals surface area contributed by atoms with E-state index in [0.29, 0.717) is 39.5 Å². The highest BCUT2D eigenvalue weighted by Crippen LogP contribution is 2.27. The number of carbonyl (C=O) groups excluding carboxylic acids is 1. The number of nitrogens with zero attached hydrogens (tertiary/aromatic N) is 3. The first-order chi connectivity index (χ1) is 17.4. The molecule has 1 aromatic heterocycles. The van der Waals surface area contributed by atoms with E-state index in [1.54, 1.807) is 60.5 Å². The van der Waals surface area contributed by atoms with E-state index in [0.717, 1.165) is 0 Å². The van der Waals surface area contributed by atoms with Crippen LogP contribution in [-0.4, -0.2) is 40.7 Å². The minimum atomic E-state index is -0.596. The van der Waals surface area contributed by atoms with Gasteiger partial charge in [-0.1, -0.05) is 36.7 Å². The normalized spacial score (nSPS) is 11.9. The minimum absolute atomic E-state index is 0.244. The van der Waals surface area contributed by atoms with Gasteiger partial charge in [0.15, 0.2) is 0 Å². The molecule has 1 atom stereocenters. The number of rotatable bonds is 8. The van der Waals surface area contributed by atoms with Gasteiger partial charge in [0.25, 0.3) is 5.56 Å². The zero-order chi connectivity index (χ0) is 25.7. The van der Waals surface area contributed by atoms with E-state index in [9.17, 15) is 14.0 Å². The van der Waals surface area contributed by atoms with Crippen molar-refractivity contribution in [2.45, 2.75) is 19.4 Å². The van der Waals surface area contributed by atoms with Gasteiger partial charge in [-0.2, -0.15) is 0 Å². The molecule has 36 heavy (non-hydrogen) atoms. The van der Waals surface area contributed by atoms with E-state index in [4.69, 9.17) is 21.3 Å². The molecule has 0 bridgehead atoms. The largest absolute Gasteiger partial charge is 0.383 e. The molecule has 4 rings (SSSR count). The van der Waals surface area contributed by atoms with Gasteiger partial charge in [-0.05, 0) is 61.0 Å². The summed E-state index contributed by atoms with van der Waals surface area (Å²) in [5, 5.41) is 3.79. The van der Waals surface area contributed by atoms with Crippen molar-refractivity contribution in [1.82, 2.24) is 14.5 Å². The Labute approximate surface area is 213 Å². The standard InChI is InChI=1S/C27H26ClFN4O3/c1-3-24(32(15-16-36-2)27(35)30-20-8-6-7-18(28)17-20)25-31-23-10-5-4-9-22(23)26(34)33(25)21-13-11-19(29)12-14-21/h4-14,17,24H,3,15-16H2,1-2H3,(H,30,35). The van der Waals surface area contributed by atoms with Gasteiger partial charge in [0, 0.05) is 24.4 Å². The van der Waals surface area contributed by atoms with Crippen LogP contribution >= 0.6 is 11.6 Å². The lowest BCUT2D eigenvalue weighted by molar-refractivity contribution is 0.131. The second-order valence-electron chi connectivity index (χ2n) is 8.15. The van der Waals surface area contributed by atoms with Gasteiger partial charge in [0.1, 0.15) is 11.6 Å². The predicted octanol–water partition coefficient (Wildman–Crippen LogP) is 5.81. The molecule has 186 valence electrons. The van der Waals surface area contributed by atoms with Gasteiger partial charge in [0.2, 0.25) is 0 Å². The summed E-state index contributed by atoms with van der Waals surface area (Å²) in [6, 6.07) is 18.5. The van der Waals surface area contributed by atoms with E-state index < -0.39 is 17.9 Å². The minimum Gasteiger partial charge on any atom is -0.383 e. The quantitative estimate of drug-likeness (QED) is 0.326. The monoisotopic (exact) mass is 508 g/mol. The van der Waals surface area contributed by atoms with Crippen LogP contribution in [-0.2, 0) is 4.74 Å². The van der Waals surface area contributed by atoms with Gasteiger partial charge in [-0.15, -0.1) is 0 Å². The number of halogens is 2. The van der Waals surface area contributed by atoms with Crippen molar-refractivity contribution >= 4 is 34.2 Å². The van der Waals surface area contributed by atoms with Crippen molar-refractivity contribution < 1.29 is 13.9 Å². The van der Waals surface area contributed by atoms with Crippen LogP contribution in [0.15, 0.2) is 77.6 Å². The van der Waals surface area contributed by atoms with Crippen LogP contribution in [0.2, 0.25) is 5.02 Å². The highest BCUT2D eigenvalue weighted by atomic mass is 35.5. The summed E-state index contributed by atoms with van der Waals surface area (Å²) in [5.74, 6) is -0.0538. The lowest BCUT2D eigenvalue weighted by Crippen LogP contribution is -2.42. The number of aromatic nitrogens is 2. The lowest BCUT2D eigenvalue weighted by Gasteiger charge is -2.32. The zero-order valence-corrected chi connectivity index (χ0v) is 20.7. The average Bonchev–Trinajstić information content (AvgIpc) is 2.87. The van der Waals surface area contributed by atoms with Crippen molar-refractivity contribution in [3.05, 3.63) is 99.8 Å². The molecular formula is C27H26ClFN4O3. The SMILES string of the molecule is CCC(c1nc2ccccc2c(=O)n1-c1ccc(F)cc1)N(CCOC)C(=O)Nc1cccc(Cl)c1. The smallest absolute Gasteiger partial charge is 0.322 e. The predicted molar refractivity (Wildman–Crippen MR) is 139 cm³/mol. The average molecular weight is 509 g/mol. The number of hydrogen-bond acceptors (Lipinski definition) is 4. The summed E-state index contributed by atoms with van der Waals surface area (Å²) in [6.07, 6.45) is 0.457. The summed E-state index contributed by atoms with van der Waals surface area (Å²) in [6.45, 7) is 2.43. The van der Waals surface area contributed by atoms with Crippen LogP contribution in [0.4, 0.5) is 14.9 Å². The number of benzene rings is 3. The second kappa shape index (κ2) is 11.3. The molecule has 7 nitrogen and oxygen atoms in total. The summed E-state index contributed by atoms with van der Waals surface area (Å²) in [5.41, 5.74) is 1.20. The number of ether oxygens (including phenoxy) is 1. The number of hydrogen-bond donors (Lipinski definition) is 1. The lowest BCUT2D eigenvalue weighted by atomic mass is 10.1. The van der Waals surface area contributed by atoms with E-state index in [1.807, 2.05) is 6.92 Å². The van der Waals surface area contributed by atoms with Crippen molar-refractivity contribution in [2.24, 2.45) is 0 Å². The highest BCUT2D eigenvalue weighted by molar-refractivity contribution is 6.30. The third-order valence-electron chi connectivity index (χ3n) is 5.82. The van der Waals surface area contributed by atoms with Crippen molar-refractivity contribution in [3.63, 3.8) is 0 Å². The molecule has 9 heteroatoms. The van der Waals surface area contributed by atoms with E-state index in [2.05, 4.69) is 5.32 Å². The molecule has 3 aromatic carbocycles. The molecule has 0 saturated heterocycles. The molecule has 0 saturated carbocycles. The van der Waals surface area contributed by atoms with E-state index in [-0.39, 0.29) is 18.7 Å². The Bertz CT molecular complexity index is 1420. The third-order valence-corrected chi connectivity index (χ3v) is 6.06. The van der Waals surface area contributed by atoms with Crippen molar-refractivity contribution in [3.8, 4) is 5.69 Å². The number of carbonyl (C=O) groups is 1. The van der Waals surface area contributed by atoms with Crippen LogP contribution in [0.25, 0.3) is 16.6 Å². The molecule has 0 aliphatic heterocycles. The molecule has 1 N–H and O–H groups in total. The number of urea groups is 1. The molecule has 0 fully saturated rings. The summed E-state index contributed by atoms with van der Waals surface area (Å²) < 4.78 is 20.4. The molecule has 4 aromatic rings. The Kier molecular flexibility index (Phi) is 7.97. The second-order valence-corrected chi connectivity index (χ2v) is 8.59. The van der Waals surface area contributed by atoms with Gasteiger partial charge < -0.3 is 15.0 Å². The molecule has 1 heterocycles. The number of fused-ring (bicyclic) bond motifs is 1. The van der Waals surface area contributed by atoms with Crippen molar-refractivity contribution in [1.29, 1.82) is 0 Å². The Morgan fingerprint density at radius 3 is 2.58 bits per heavy atom. The van der Waals surface area contributed by atoms with Crippen LogP contribution in [0, 0.1) is 5.82 Å². The summed E-state index contributed by atoms with van der Waals surface area (Å²) >= 11 is 6.09. The van der Waals surface area contributed by atoms with E-state index in [1.165, 1.54) is 28.8 Å². The summed E-state index contributed by atoms with van der Waals surface area (Å²) in [4.78, 5) is 33.6. The maximum absolute atomic E-state index is 13.7. The van der Waals surface area contributed by atoms with Gasteiger partial charge >= 0.3 is 6.03 Å². The Morgan fingerprint density at radius 2 is 1.89 bits per heavy atom. The first-order valence-corrected chi connectivity index (χ1v) is 11.9. The first-order valence-electron chi connectivity index (χ1n) is 11.5. The molecule has 0 aliphatic rings. The Hall–Kier alpha value is -3.75. The van der Waals surface area contributed by atoms with Crippen LogP contribution in [0.1, 0.15) is 25.2 Å². The highest BCUT2D eigenvalue weighted by Gasteiger charge is 2.29. The Morgan fingerprint density at radius 1 is 1.14 bits per heavy atom. The van der Waals surface area contributed by atoms with Gasteiger partial charge in [-0.25, -0.2) is 14.2 Å². The fourth-order valence-corrected chi connectivity index (χ4v) is 4.30. The first kappa shape index (κ1) is 25.3.